The predicted molar refractivity (Wildman–Crippen MR) is 147 cm³/mol. The summed E-state index contributed by atoms with van der Waals surface area (Å²) in [5.74, 6) is -0.665. The fourth-order valence-corrected chi connectivity index (χ4v) is 4.30. The highest BCUT2D eigenvalue weighted by molar-refractivity contribution is 6.13. The van der Waals surface area contributed by atoms with E-state index in [2.05, 4.69) is 12.2 Å². The lowest BCUT2D eigenvalue weighted by atomic mass is 10.0. The van der Waals surface area contributed by atoms with Crippen LogP contribution >= 0.6 is 0 Å². The van der Waals surface area contributed by atoms with Gasteiger partial charge in [-0.2, -0.15) is 0 Å². The SMILES string of the molecule is CCCCCC(CC)OC(=O)C(=Cc1ccccc1)CCCCN1C(=O)NC(=O)C1=Cc1ccccc1. The van der Waals surface area contributed by atoms with Crippen molar-refractivity contribution in [2.45, 2.75) is 71.3 Å². The molecule has 6 nitrogen and oxygen atoms in total. The second-order valence-corrected chi connectivity index (χ2v) is 9.32. The van der Waals surface area contributed by atoms with Crippen molar-refractivity contribution in [3.8, 4) is 0 Å². The number of urea groups is 1. The van der Waals surface area contributed by atoms with Crippen LogP contribution in [0.4, 0.5) is 4.79 Å². The smallest absolute Gasteiger partial charge is 0.334 e. The van der Waals surface area contributed by atoms with Crippen LogP contribution < -0.4 is 5.32 Å². The molecular weight excluding hydrogens is 464 g/mol. The first-order valence-electron chi connectivity index (χ1n) is 13.4. The standard InChI is InChI=1S/C31H38N2O4/c1-3-5-8-20-27(4-2)37-30(35)26(22-24-15-9-6-10-16-24)19-13-14-21-33-28(29(34)32-31(33)36)23-25-17-11-7-12-18-25/h6-7,9-12,15-18,22-23,27H,3-5,8,13-14,19-21H2,1-2H3,(H,32,34,36). The molecule has 3 rings (SSSR count). The molecule has 0 spiro atoms. The number of amides is 3. The minimum Gasteiger partial charge on any atom is -0.459 e. The molecule has 196 valence electrons. The molecule has 1 aliphatic rings. The fourth-order valence-electron chi connectivity index (χ4n) is 4.30. The Labute approximate surface area is 220 Å². The first-order chi connectivity index (χ1) is 18.0. The topological polar surface area (TPSA) is 75.7 Å². The van der Waals surface area contributed by atoms with Gasteiger partial charge in [0.25, 0.3) is 5.91 Å². The van der Waals surface area contributed by atoms with Crippen molar-refractivity contribution >= 4 is 30.1 Å². The second kappa shape index (κ2) is 14.8. The molecule has 1 fully saturated rings. The van der Waals surface area contributed by atoms with Crippen LogP contribution in [0.25, 0.3) is 12.2 Å². The molecule has 1 atom stereocenters. The molecule has 2 aromatic carbocycles. The van der Waals surface area contributed by atoms with Crippen molar-refractivity contribution in [2.75, 3.05) is 6.54 Å². The third kappa shape index (κ3) is 8.74. The summed E-state index contributed by atoms with van der Waals surface area (Å²) in [6.07, 6.45) is 10.4. The van der Waals surface area contributed by atoms with Crippen molar-refractivity contribution in [2.24, 2.45) is 0 Å². The normalized spacial score (nSPS) is 15.7. The number of nitrogens with one attached hydrogen (secondary N) is 1. The third-order valence-corrected chi connectivity index (χ3v) is 6.43. The number of hydrogen-bond acceptors (Lipinski definition) is 4. The molecular formula is C31H38N2O4. The highest BCUT2D eigenvalue weighted by Crippen LogP contribution is 2.21. The Morgan fingerprint density at radius 3 is 2.24 bits per heavy atom. The molecule has 37 heavy (non-hydrogen) atoms. The average Bonchev–Trinajstić information content (AvgIpc) is 3.17. The van der Waals surface area contributed by atoms with Crippen LogP contribution in [0, 0.1) is 0 Å². The molecule has 2 aromatic rings. The lowest BCUT2D eigenvalue weighted by molar-refractivity contribution is -0.145. The Kier molecular flexibility index (Phi) is 11.2. The van der Waals surface area contributed by atoms with Gasteiger partial charge in [-0.1, -0.05) is 87.4 Å². The number of imide groups is 1. The summed E-state index contributed by atoms with van der Waals surface area (Å²) in [5, 5.41) is 2.38. The number of nitrogens with zero attached hydrogens (tertiary/aromatic N) is 1. The first-order valence-corrected chi connectivity index (χ1v) is 13.4. The molecule has 0 aromatic heterocycles. The molecule has 1 heterocycles. The highest BCUT2D eigenvalue weighted by Gasteiger charge is 2.32. The van der Waals surface area contributed by atoms with E-state index >= 15 is 0 Å². The van der Waals surface area contributed by atoms with Gasteiger partial charge in [-0.25, -0.2) is 9.59 Å². The van der Waals surface area contributed by atoms with Crippen LogP contribution in [0.3, 0.4) is 0 Å². The van der Waals surface area contributed by atoms with Gasteiger partial charge in [-0.3, -0.25) is 15.0 Å². The minimum absolute atomic E-state index is 0.0804. The molecule has 1 saturated heterocycles. The molecule has 6 heteroatoms. The van der Waals surface area contributed by atoms with Crippen molar-refractivity contribution in [1.82, 2.24) is 10.2 Å². The molecule has 1 unspecified atom stereocenters. The van der Waals surface area contributed by atoms with Crippen LogP contribution in [0.2, 0.25) is 0 Å². The van der Waals surface area contributed by atoms with E-state index in [0.717, 1.165) is 43.2 Å². The average molecular weight is 503 g/mol. The largest absolute Gasteiger partial charge is 0.459 e. The number of rotatable bonds is 14. The van der Waals surface area contributed by atoms with Gasteiger partial charge in [0, 0.05) is 12.1 Å². The molecule has 0 bridgehead atoms. The van der Waals surface area contributed by atoms with Gasteiger partial charge in [0.2, 0.25) is 0 Å². The molecule has 1 N–H and O–H groups in total. The Morgan fingerprint density at radius 1 is 0.919 bits per heavy atom. The van der Waals surface area contributed by atoms with E-state index in [1.807, 2.05) is 73.7 Å². The number of hydrogen-bond donors (Lipinski definition) is 1. The molecule has 0 saturated carbocycles. The van der Waals surface area contributed by atoms with Gasteiger partial charge in [-0.05, 0) is 61.8 Å². The van der Waals surface area contributed by atoms with Crippen molar-refractivity contribution in [3.05, 3.63) is 83.1 Å². The van der Waals surface area contributed by atoms with Crippen molar-refractivity contribution < 1.29 is 19.1 Å². The number of carbonyl (C=O) groups is 3. The summed E-state index contributed by atoms with van der Waals surface area (Å²) < 4.78 is 5.89. The van der Waals surface area contributed by atoms with E-state index in [9.17, 15) is 14.4 Å². The van der Waals surface area contributed by atoms with Crippen LogP contribution in [0.1, 0.15) is 76.3 Å². The number of unbranched alkanes of at least 4 members (excludes halogenated alkanes) is 3. The molecule has 0 radical (unpaired) electrons. The van der Waals surface area contributed by atoms with Gasteiger partial charge < -0.3 is 4.74 Å². The summed E-state index contributed by atoms with van der Waals surface area (Å²) in [4.78, 5) is 39.4. The van der Waals surface area contributed by atoms with Gasteiger partial charge in [0.1, 0.15) is 11.8 Å². The van der Waals surface area contributed by atoms with Crippen LogP contribution in [0.5, 0.6) is 0 Å². The van der Waals surface area contributed by atoms with Crippen LogP contribution in [0.15, 0.2) is 71.9 Å². The Bertz CT molecular complexity index is 1090. The Morgan fingerprint density at radius 2 is 1.59 bits per heavy atom. The molecule has 0 aliphatic carbocycles. The quantitative estimate of drug-likeness (QED) is 0.134. The van der Waals surface area contributed by atoms with Gasteiger partial charge in [0.05, 0.1) is 0 Å². The fraction of sp³-hybridized carbons (Fsp3) is 0.387. The zero-order valence-electron chi connectivity index (χ0n) is 21.9. The first kappa shape index (κ1) is 27.9. The lowest BCUT2D eigenvalue weighted by Gasteiger charge is -2.18. The molecule has 1 aliphatic heterocycles. The van der Waals surface area contributed by atoms with Gasteiger partial charge >= 0.3 is 12.0 Å². The number of esters is 1. The third-order valence-electron chi connectivity index (χ3n) is 6.43. The summed E-state index contributed by atoms with van der Waals surface area (Å²) >= 11 is 0. The summed E-state index contributed by atoms with van der Waals surface area (Å²) in [5.41, 5.74) is 2.77. The number of benzene rings is 2. The predicted octanol–water partition coefficient (Wildman–Crippen LogP) is 6.74. The van der Waals surface area contributed by atoms with Crippen LogP contribution in [-0.2, 0) is 14.3 Å². The second-order valence-electron chi connectivity index (χ2n) is 9.32. The van der Waals surface area contributed by atoms with E-state index in [0.29, 0.717) is 37.1 Å². The molecule has 3 amide bonds. The zero-order valence-corrected chi connectivity index (χ0v) is 21.9. The van der Waals surface area contributed by atoms with Gasteiger partial charge in [-0.15, -0.1) is 0 Å². The van der Waals surface area contributed by atoms with Crippen molar-refractivity contribution in [1.29, 1.82) is 0 Å². The Balaban J connectivity index is 1.64. The Hall–Kier alpha value is -3.67. The van der Waals surface area contributed by atoms with E-state index in [1.54, 1.807) is 6.08 Å². The minimum atomic E-state index is -0.412. The monoisotopic (exact) mass is 502 g/mol. The van der Waals surface area contributed by atoms with Crippen LogP contribution in [-0.4, -0.2) is 35.5 Å². The lowest BCUT2D eigenvalue weighted by Crippen LogP contribution is -2.28. The maximum atomic E-state index is 13.1. The van der Waals surface area contributed by atoms with E-state index in [1.165, 1.54) is 4.90 Å². The highest BCUT2D eigenvalue weighted by atomic mass is 16.5. The maximum absolute atomic E-state index is 13.1. The van der Waals surface area contributed by atoms with E-state index in [-0.39, 0.29) is 12.1 Å². The van der Waals surface area contributed by atoms with E-state index < -0.39 is 11.9 Å². The maximum Gasteiger partial charge on any atom is 0.334 e. The van der Waals surface area contributed by atoms with E-state index in [4.69, 9.17) is 4.74 Å². The zero-order chi connectivity index (χ0) is 26.5. The summed E-state index contributed by atoms with van der Waals surface area (Å²) in [6.45, 7) is 4.60. The van der Waals surface area contributed by atoms with Gasteiger partial charge in [0.15, 0.2) is 0 Å². The number of ether oxygens (including phenoxy) is 1. The number of carbonyl (C=O) groups excluding carboxylic acids is 3. The summed E-state index contributed by atoms with van der Waals surface area (Å²) in [7, 11) is 0. The van der Waals surface area contributed by atoms with Crippen molar-refractivity contribution in [3.63, 3.8) is 0 Å². The summed E-state index contributed by atoms with van der Waals surface area (Å²) in [6, 6.07) is 18.8.